The molecule has 2 nitrogen and oxygen atoms in total. The van der Waals surface area contributed by atoms with Gasteiger partial charge in [0.15, 0.2) is 0 Å². The molecule has 0 radical (unpaired) electrons. The van der Waals surface area contributed by atoms with Crippen molar-refractivity contribution >= 4 is 46.4 Å². The van der Waals surface area contributed by atoms with Gasteiger partial charge in [-0.25, -0.2) is 0 Å². The van der Waals surface area contributed by atoms with Gasteiger partial charge in [0, 0.05) is 11.2 Å². The Hall–Kier alpha value is -0.910. The van der Waals surface area contributed by atoms with Gasteiger partial charge in [0.05, 0.1) is 10.6 Å². The van der Waals surface area contributed by atoms with Crippen LogP contribution < -0.4 is 5.32 Å². The fourth-order valence-corrected chi connectivity index (χ4v) is 1.43. The lowest BCUT2D eigenvalue weighted by atomic mass is 10.2. The van der Waals surface area contributed by atoms with E-state index in [1.54, 1.807) is 0 Å². The van der Waals surface area contributed by atoms with Gasteiger partial charge in [-0.1, -0.05) is 34.8 Å². The van der Waals surface area contributed by atoms with E-state index < -0.39 is 22.7 Å². The molecule has 1 amide bonds. The van der Waals surface area contributed by atoms with Crippen molar-refractivity contribution in [2.75, 3.05) is 5.32 Å². The Balaban J connectivity index is 3.03. The molecule has 0 aliphatic rings. The predicted molar refractivity (Wildman–Crippen MR) is 64.9 cm³/mol. The highest BCUT2D eigenvalue weighted by Gasteiger charge is 2.33. The molecule has 1 rings (SSSR count). The molecule has 18 heavy (non-hydrogen) atoms. The van der Waals surface area contributed by atoms with Crippen LogP contribution in [0.4, 0.5) is 18.9 Å². The second-order valence-corrected chi connectivity index (χ2v) is 4.14. The Morgan fingerprint density at radius 2 is 1.94 bits per heavy atom. The summed E-state index contributed by atoms with van der Waals surface area (Å²) in [5.74, 6) is -0.817. The highest BCUT2D eigenvalue weighted by atomic mass is 35.5. The normalized spacial score (nSPS) is 12.4. The lowest BCUT2D eigenvalue weighted by Gasteiger charge is -2.11. The maximum atomic E-state index is 12.5. The van der Waals surface area contributed by atoms with Gasteiger partial charge in [0.1, 0.15) is 5.03 Å². The second-order valence-electron chi connectivity index (χ2n) is 3.10. The van der Waals surface area contributed by atoms with Crippen LogP contribution in [-0.2, 0) is 11.0 Å². The lowest BCUT2D eigenvalue weighted by molar-refractivity contribution is -0.137. The van der Waals surface area contributed by atoms with Crippen LogP contribution in [-0.4, -0.2) is 5.91 Å². The molecule has 0 bridgehead atoms. The molecule has 98 valence electrons. The minimum absolute atomic E-state index is 0.0895. The summed E-state index contributed by atoms with van der Waals surface area (Å²) < 4.78 is 37.6. The minimum atomic E-state index is -4.61. The number of hydrogen-bond acceptors (Lipinski definition) is 1. The number of amides is 1. The summed E-state index contributed by atoms with van der Waals surface area (Å²) in [6.45, 7) is 0. The van der Waals surface area contributed by atoms with E-state index >= 15 is 0 Å². The average molecular weight is 319 g/mol. The summed E-state index contributed by atoms with van der Waals surface area (Å²) in [5, 5.41) is 1.34. The summed E-state index contributed by atoms with van der Waals surface area (Å²) in [6, 6.07) is 2.95. The van der Waals surface area contributed by atoms with Gasteiger partial charge < -0.3 is 5.32 Å². The fraction of sp³-hybridized carbons (Fsp3) is 0.100. The Morgan fingerprint density at radius 3 is 2.44 bits per heavy atom. The van der Waals surface area contributed by atoms with Crippen LogP contribution in [0.15, 0.2) is 28.8 Å². The van der Waals surface area contributed by atoms with Gasteiger partial charge in [-0.2, -0.15) is 13.2 Å². The SMILES string of the molecule is O=C(Nc1ccc(Cl)c(C(F)(F)F)c1)/C(Cl)=C/Cl. The third kappa shape index (κ3) is 3.80. The van der Waals surface area contributed by atoms with Gasteiger partial charge in [-0.05, 0) is 18.2 Å². The second kappa shape index (κ2) is 5.82. The van der Waals surface area contributed by atoms with Crippen molar-refractivity contribution in [3.8, 4) is 0 Å². The van der Waals surface area contributed by atoms with Crippen LogP contribution in [0.3, 0.4) is 0 Å². The van der Waals surface area contributed by atoms with Crippen molar-refractivity contribution in [1.82, 2.24) is 0 Å². The minimum Gasteiger partial charge on any atom is -0.321 e. The molecule has 0 unspecified atom stereocenters. The molecule has 1 aromatic carbocycles. The number of benzene rings is 1. The largest absolute Gasteiger partial charge is 0.417 e. The molecule has 0 saturated carbocycles. The third-order valence-corrected chi connectivity index (χ3v) is 2.78. The standard InChI is InChI=1S/C10H5Cl3F3NO/c11-4-8(13)9(18)17-5-1-2-7(12)6(3-5)10(14,15)16/h1-4H,(H,17,18)/b8-4-. The van der Waals surface area contributed by atoms with Gasteiger partial charge in [0.2, 0.25) is 0 Å². The van der Waals surface area contributed by atoms with Crippen LogP contribution >= 0.6 is 34.8 Å². The molecule has 0 heterocycles. The van der Waals surface area contributed by atoms with E-state index in [0.29, 0.717) is 6.07 Å². The topological polar surface area (TPSA) is 29.1 Å². The Bertz CT molecular complexity index is 500. The van der Waals surface area contributed by atoms with Crippen molar-refractivity contribution in [3.05, 3.63) is 39.4 Å². The van der Waals surface area contributed by atoms with E-state index in [0.717, 1.165) is 11.6 Å². The molecule has 1 aromatic rings. The first-order valence-electron chi connectivity index (χ1n) is 4.39. The molecule has 0 aliphatic carbocycles. The van der Waals surface area contributed by atoms with E-state index in [1.165, 1.54) is 6.07 Å². The van der Waals surface area contributed by atoms with Crippen LogP contribution in [0.2, 0.25) is 5.02 Å². The molecule has 8 heteroatoms. The highest BCUT2D eigenvalue weighted by Crippen LogP contribution is 2.36. The summed E-state index contributed by atoms with van der Waals surface area (Å²) in [5.41, 5.74) is -0.335. The van der Waals surface area contributed by atoms with E-state index in [2.05, 4.69) is 5.32 Å². The van der Waals surface area contributed by atoms with Crippen molar-refractivity contribution in [2.24, 2.45) is 0 Å². The zero-order valence-electron chi connectivity index (χ0n) is 8.49. The smallest absolute Gasteiger partial charge is 0.321 e. The van der Waals surface area contributed by atoms with Gasteiger partial charge in [-0.3, -0.25) is 4.79 Å². The number of carbonyl (C=O) groups is 1. The number of hydrogen-bond donors (Lipinski definition) is 1. The number of alkyl halides is 3. The first-order chi connectivity index (χ1) is 8.25. The number of carbonyl (C=O) groups excluding carboxylic acids is 1. The Kier molecular flexibility index (Phi) is 4.90. The number of rotatable bonds is 2. The van der Waals surface area contributed by atoms with E-state index in [4.69, 9.17) is 34.8 Å². The van der Waals surface area contributed by atoms with Gasteiger partial charge >= 0.3 is 6.18 Å². The summed E-state index contributed by atoms with van der Waals surface area (Å²) in [4.78, 5) is 11.3. The molecule has 0 aromatic heterocycles. The van der Waals surface area contributed by atoms with Gasteiger partial charge in [0.25, 0.3) is 5.91 Å². The predicted octanol–water partition coefficient (Wildman–Crippen LogP) is 4.62. The summed E-state index contributed by atoms with van der Waals surface area (Å²) in [6.07, 6.45) is -4.61. The molecule has 0 spiro atoms. The molecule has 0 fully saturated rings. The third-order valence-electron chi connectivity index (χ3n) is 1.84. The van der Waals surface area contributed by atoms with Crippen molar-refractivity contribution in [2.45, 2.75) is 6.18 Å². The maximum Gasteiger partial charge on any atom is 0.417 e. The van der Waals surface area contributed by atoms with Crippen molar-refractivity contribution in [3.63, 3.8) is 0 Å². The van der Waals surface area contributed by atoms with E-state index in [-0.39, 0.29) is 10.7 Å². The van der Waals surface area contributed by atoms with E-state index in [1.807, 2.05) is 0 Å². The average Bonchev–Trinajstić information content (AvgIpc) is 2.29. The molecule has 0 aliphatic heterocycles. The lowest BCUT2D eigenvalue weighted by Crippen LogP contribution is -2.13. The highest BCUT2D eigenvalue weighted by molar-refractivity contribution is 6.47. The van der Waals surface area contributed by atoms with Crippen LogP contribution in [0.5, 0.6) is 0 Å². The van der Waals surface area contributed by atoms with Crippen LogP contribution in [0.25, 0.3) is 0 Å². The van der Waals surface area contributed by atoms with Crippen LogP contribution in [0, 0.1) is 0 Å². The molecular formula is C10H5Cl3F3NO. The Morgan fingerprint density at radius 1 is 1.33 bits per heavy atom. The van der Waals surface area contributed by atoms with Gasteiger partial charge in [-0.15, -0.1) is 0 Å². The zero-order chi connectivity index (χ0) is 13.9. The molecule has 0 saturated heterocycles. The molecule has 0 atom stereocenters. The summed E-state index contributed by atoms with van der Waals surface area (Å²) in [7, 11) is 0. The molecular weight excluding hydrogens is 313 g/mol. The van der Waals surface area contributed by atoms with Crippen molar-refractivity contribution in [1.29, 1.82) is 0 Å². The molecule has 1 N–H and O–H groups in total. The number of halogens is 6. The fourth-order valence-electron chi connectivity index (χ4n) is 1.06. The Labute approximate surface area is 115 Å². The quantitative estimate of drug-likeness (QED) is 0.792. The number of nitrogens with one attached hydrogen (secondary N) is 1. The maximum absolute atomic E-state index is 12.5. The van der Waals surface area contributed by atoms with E-state index in [9.17, 15) is 18.0 Å². The number of anilines is 1. The monoisotopic (exact) mass is 317 g/mol. The first-order valence-corrected chi connectivity index (χ1v) is 5.59. The van der Waals surface area contributed by atoms with Crippen LogP contribution in [0.1, 0.15) is 5.56 Å². The zero-order valence-corrected chi connectivity index (χ0v) is 10.8. The first kappa shape index (κ1) is 15.1. The summed E-state index contributed by atoms with van der Waals surface area (Å²) >= 11 is 16.0. The van der Waals surface area contributed by atoms with Crippen molar-refractivity contribution < 1.29 is 18.0 Å².